The highest BCUT2D eigenvalue weighted by molar-refractivity contribution is 9.10. The largest absolute Gasteiger partial charge is 0.298 e. The lowest BCUT2D eigenvalue weighted by molar-refractivity contribution is 0.965. The predicted molar refractivity (Wildman–Crippen MR) is 114 cm³/mol. The number of anilines is 2. The number of halogens is 2. The van der Waals surface area contributed by atoms with Crippen LogP contribution in [0, 0.1) is 0 Å². The summed E-state index contributed by atoms with van der Waals surface area (Å²) in [6.07, 6.45) is 0. The second kappa shape index (κ2) is 7.42. The average molecular weight is 442 g/mol. The topological polar surface area (TPSA) is 59.0 Å². The van der Waals surface area contributed by atoms with Crippen LogP contribution < -0.4 is 16.4 Å². The summed E-state index contributed by atoms with van der Waals surface area (Å²) >= 11 is 9.45. The van der Waals surface area contributed by atoms with Crippen molar-refractivity contribution in [2.24, 2.45) is 0 Å². The number of fused-ring (bicyclic) bond motifs is 1. The number of nitrogens with zero attached hydrogens (tertiary/aromatic N) is 2. The number of hydrogen-bond acceptors (Lipinski definition) is 4. The maximum Gasteiger partial charge on any atom is 0.267 e. The van der Waals surface area contributed by atoms with E-state index in [2.05, 4.69) is 31.8 Å². The van der Waals surface area contributed by atoms with Crippen LogP contribution in [0.15, 0.2) is 82.1 Å². The molecule has 0 aliphatic rings. The number of para-hydroxylation sites is 1. The van der Waals surface area contributed by atoms with Crippen molar-refractivity contribution in [2.45, 2.75) is 0 Å². The van der Waals surface area contributed by atoms with Crippen molar-refractivity contribution in [3.8, 4) is 5.69 Å². The fourth-order valence-corrected chi connectivity index (χ4v) is 3.30. The molecule has 3 aromatic carbocycles. The lowest BCUT2D eigenvalue weighted by atomic mass is 10.2. The molecule has 0 saturated heterocycles. The molecule has 4 aromatic rings. The minimum Gasteiger partial charge on any atom is -0.298 e. The van der Waals surface area contributed by atoms with Crippen LogP contribution in [0.4, 0.5) is 11.6 Å². The summed E-state index contributed by atoms with van der Waals surface area (Å²) in [7, 11) is 0. The smallest absolute Gasteiger partial charge is 0.267 e. The summed E-state index contributed by atoms with van der Waals surface area (Å²) in [5.74, 6) is 0.376. The molecule has 2 N–H and O–H groups in total. The van der Waals surface area contributed by atoms with Gasteiger partial charge < -0.3 is 0 Å². The van der Waals surface area contributed by atoms with Crippen LogP contribution in [-0.2, 0) is 0 Å². The summed E-state index contributed by atoms with van der Waals surface area (Å²) < 4.78 is 2.36. The second-order valence-corrected chi connectivity index (χ2v) is 7.19. The monoisotopic (exact) mass is 440 g/mol. The zero-order chi connectivity index (χ0) is 18.8. The molecule has 0 saturated carbocycles. The maximum absolute atomic E-state index is 13.2. The van der Waals surface area contributed by atoms with Crippen molar-refractivity contribution < 1.29 is 0 Å². The molecule has 7 heteroatoms. The van der Waals surface area contributed by atoms with Gasteiger partial charge in [-0.3, -0.25) is 15.6 Å². The number of hydrazine groups is 1. The fraction of sp³-hybridized carbons (Fsp3) is 0. The van der Waals surface area contributed by atoms with Gasteiger partial charge in [-0.2, -0.15) is 0 Å². The Morgan fingerprint density at radius 3 is 2.52 bits per heavy atom. The van der Waals surface area contributed by atoms with Gasteiger partial charge in [0, 0.05) is 9.50 Å². The first-order valence-electron chi connectivity index (χ1n) is 8.17. The van der Waals surface area contributed by atoms with E-state index < -0.39 is 0 Å². The Balaban J connectivity index is 1.85. The van der Waals surface area contributed by atoms with Crippen LogP contribution in [-0.4, -0.2) is 9.55 Å². The number of aromatic nitrogens is 2. The van der Waals surface area contributed by atoms with Gasteiger partial charge in [0.1, 0.15) is 0 Å². The van der Waals surface area contributed by atoms with Crippen molar-refractivity contribution in [1.29, 1.82) is 0 Å². The average Bonchev–Trinajstić information content (AvgIpc) is 2.68. The van der Waals surface area contributed by atoms with Crippen molar-refractivity contribution in [3.63, 3.8) is 0 Å². The molecule has 0 aliphatic heterocycles. The van der Waals surface area contributed by atoms with Gasteiger partial charge in [0.2, 0.25) is 5.95 Å². The van der Waals surface area contributed by atoms with Crippen molar-refractivity contribution >= 4 is 50.1 Å². The highest BCUT2D eigenvalue weighted by atomic mass is 79.9. The molecular formula is C20H14BrClN4O. The number of nitrogens with one attached hydrogen (secondary N) is 2. The molecule has 0 atom stereocenters. The summed E-state index contributed by atoms with van der Waals surface area (Å²) in [5.41, 5.74) is 7.99. The summed E-state index contributed by atoms with van der Waals surface area (Å²) in [4.78, 5) is 17.8. The summed E-state index contributed by atoms with van der Waals surface area (Å²) in [6.45, 7) is 0. The van der Waals surface area contributed by atoms with Crippen LogP contribution >= 0.6 is 27.5 Å². The zero-order valence-corrected chi connectivity index (χ0v) is 16.3. The quantitative estimate of drug-likeness (QED) is 0.425. The maximum atomic E-state index is 13.2. The molecule has 0 spiro atoms. The Bertz CT molecular complexity index is 1180. The fourth-order valence-electron chi connectivity index (χ4n) is 2.75. The van der Waals surface area contributed by atoms with Gasteiger partial charge in [0.15, 0.2) is 0 Å². The third-order valence-electron chi connectivity index (χ3n) is 3.99. The molecule has 0 fully saturated rings. The van der Waals surface area contributed by atoms with E-state index in [-0.39, 0.29) is 5.56 Å². The Kier molecular flexibility index (Phi) is 4.83. The lowest BCUT2D eigenvalue weighted by Gasteiger charge is -2.16. The van der Waals surface area contributed by atoms with E-state index in [1.807, 2.05) is 48.5 Å². The molecule has 5 nitrogen and oxygen atoms in total. The normalized spacial score (nSPS) is 10.7. The number of hydrogen-bond donors (Lipinski definition) is 2. The first kappa shape index (κ1) is 17.6. The van der Waals surface area contributed by atoms with Crippen molar-refractivity contribution in [2.75, 3.05) is 10.9 Å². The van der Waals surface area contributed by atoms with Crippen LogP contribution in [0.3, 0.4) is 0 Å². The molecule has 27 heavy (non-hydrogen) atoms. The highest BCUT2D eigenvalue weighted by Gasteiger charge is 2.13. The Labute approximate surface area is 168 Å². The van der Waals surface area contributed by atoms with E-state index in [1.165, 1.54) is 4.57 Å². The second-order valence-electron chi connectivity index (χ2n) is 5.83. The standard InChI is InChI=1S/C20H14BrClN4O/c21-13-9-10-18-17(11-13)19(27)26(16-7-2-1-3-8-16)20(23-18)25-24-15-6-4-5-14(22)12-15/h1-12,24H,(H,23,25). The summed E-state index contributed by atoms with van der Waals surface area (Å²) in [6, 6.07) is 22.1. The van der Waals surface area contributed by atoms with Gasteiger partial charge in [-0.05, 0) is 48.5 Å². The van der Waals surface area contributed by atoms with Crippen molar-refractivity contribution in [1.82, 2.24) is 9.55 Å². The molecule has 0 aliphatic carbocycles. The number of benzene rings is 3. The summed E-state index contributed by atoms with van der Waals surface area (Å²) in [5, 5.41) is 1.14. The molecule has 0 bridgehead atoms. The van der Waals surface area contributed by atoms with Gasteiger partial charge in [-0.25, -0.2) is 9.55 Å². The Hall–Kier alpha value is -2.83. The molecular weight excluding hydrogens is 428 g/mol. The van der Waals surface area contributed by atoms with Gasteiger partial charge in [-0.15, -0.1) is 0 Å². The van der Waals surface area contributed by atoms with E-state index in [4.69, 9.17) is 11.6 Å². The first-order valence-corrected chi connectivity index (χ1v) is 9.34. The van der Waals surface area contributed by atoms with E-state index in [9.17, 15) is 4.79 Å². The predicted octanol–water partition coefficient (Wildman–Crippen LogP) is 5.24. The third kappa shape index (κ3) is 3.67. The third-order valence-corrected chi connectivity index (χ3v) is 4.72. The van der Waals surface area contributed by atoms with Crippen LogP contribution in [0.1, 0.15) is 0 Å². The number of rotatable bonds is 4. The zero-order valence-electron chi connectivity index (χ0n) is 14.0. The van der Waals surface area contributed by atoms with Gasteiger partial charge in [0.05, 0.1) is 22.3 Å². The van der Waals surface area contributed by atoms with Crippen LogP contribution in [0.5, 0.6) is 0 Å². The molecule has 1 aromatic heterocycles. The van der Waals surface area contributed by atoms with Gasteiger partial charge >= 0.3 is 0 Å². The first-order chi connectivity index (χ1) is 13.1. The van der Waals surface area contributed by atoms with Crippen molar-refractivity contribution in [3.05, 3.63) is 92.6 Å². The van der Waals surface area contributed by atoms with E-state index in [1.54, 1.807) is 24.3 Å². The van der Waals surface area contributed by atoms with Crippen LogP contribution in [0.2, 0.25) is 5.02 Å². The Morgan fingerprint density at radius 2 is 1.74 bits per heavy atom. The highest BCUT2D eigenvalue weighted by Crippen LogP contribution is 2.20. The van der Waals surface area contributed by atoms with E-state index in [0.717, 1.165) is 10.2 Å². The minimum absolute atomic E-state index is 0.164. The minimum atomic E-state index is -0.164. The molecule has 1 heterocycles. The molecule has 134 valence electrons. The van der Waals surface area contributed by atoms with E-state index >= 15 is 0 Å². The molecule has 0 amide bonds. The lowest BCUT2D eigenvalue weighted by Crippen LogP contribution is -2.25. The Morgan fingerprint density at radius 1 is 0.926 bits per heavy atom. The van der Waals surface area contributed by atoms with Crippen LogP contribution in [0.25, 0.3) is 16.6 Å². The molecule has 0 unspecified atom stereocenters. The van der Waals surface area contributed by atoms with Gasteiger partial charge in [-0.1, -0.05) is 51.8 Å². The van der Waals surface area contributed by atoms with Gasteiger partial charge in [0.25, 0.3) is 5.56 Å². The SMILES string of the molecule is O=c1c2cc(Br)ccc2nc(NNc2cccc(Cl)c2)n1-c1ccccc1. The van der Waals surface area contributed by atoms with E-state index in [0.29, 0.717) is 27.6 Å². The molecule has 0 radical (unpaired) electrons. The molecule has 4 rings (SSSR count).